The summed E-state index contributed by atoms with van der Waals surface area (Å²) < 4.78 is 5.70. The molecule has 1 aromatic rings. The van der Waals surface area contributed by atoms with E-state index in [0.717, 1.165) is 25.1 Å². The molecule has 2 unspecified atom stereocenters. The van der Waals surface area contributed by atoms with Crippen molar-refractivity contribution in [3.05, 3.63) is 29.8 Å². The minimum Gasteiger partial charge on any atom is -0.484 e. The van der Waals surface area contributed by atoms with Gasteiger partial charge in [-0.25, -0.2) is 0 Å². The molecule has 2 N–H and O–H groups in total. The highest BCUT2D eigenvalue weighted by Crippen LogP contribution is 2.23. The molecule has 1 saturated heterocycles. The molecule has 130 valence electrons. The van der Waals surface area contributed by atoms with Crippen molar-refractivity contribution in [3.63, 3.8) is 0 Å². The van der Waals surface area contributed by atoms with E-state index in [0.29, 0.717) is 18.4 Å². The summed E-state index contributed by atoms with van der Waals surface area (Å²) in [4.78, 5) is 14.3. The molecule has 0 aliphatic carbocycles. The summed E-state index contributed by atoms with van der Waals surface area (Å²) in [6.07, 6.45) is 2.04. The third kappa shape index (κ3) is 5.40. The number of nitrogens with zero attached hydrogens (tertiary/aromatic N) is 1. The van der Waals surface area contributed by atoms with Crippen molar-refractivity contribution in [2.75, 3.05) is 19.7 Å². The van der Waals surface area contributed by atoms with Gasteiger partial charge in [0.25, 0.3) is 5.91 Å². The van der Waals surface area contributed by atoms with Gasteiger partial charge in [0.05, 0.1) is 0 Å². The van der Waals surface area contributed by atoms with Crippen LogP contribution in [0.15, 0.2) is 24.3 Å². The molecule has 1 aliphatic rings. The Bertz CT molecular complexity index is 508. The van der Waals surface area contributed by atoms with Crippen molar-refractivity contribution < 1.29 is 9.53 Å². The Morgan fingerprint density at radius 2 is 2.17 bits per heavy atom. The van der Waals surface area contributed by atoms with E-state index in [9.17, 15) is 4.79 Å². The fourth-order valence-corrected chi connectivity index (χ4v) is 2.99. The standard InChI is InChI=1S/C18H28N2O2.ClH/c1-13(2)15-5-4-6-17(10-15)22-12-18(21)20-8-7-14(3)9-16(20)11-19;/h4-6,10,13-14,16H,7-9,11-12,19H2,1-3H3;1H. The van der Waals surface area contributed by atoms with Gasteiger partial charge in [-0.05, 0) is 42.4 Å². The van der Waals surface area contributed by atoms with E-state index in [1.165, 1.54) is 5.56 Å². The van der Waals surface area contributed by atoms with Crippen molar-refractivity contribution in [1.29, 1.82) is 0 Å². The van der Waals surface area contributed by atoms with Crippen LogP contribution in [0.3, 0.4) is 0 Å². The van der Waals surface area contributed by atoms with E-state index < -0.39 is 0 Å². The van der Waals surface area contributed by atoms with Crippen LogP contribution in [0.1, 0.15) is 45.1 Å². The van der Waals surface area contributed by atoms with Gasteiger partial charge in [-0.2, -0.15) is 0 Å². The molecule has 23 heavy (non-hydrogen) atoms. The van der Waals surface area contributed by atoms with E-state index in [4.69, 9.17) is 10.5 Å². The van der Waals surface area contributed by atoms with Gasteiger partial charge in [0.15, 0.2) is 6.61 Å². The van der Waals surface area contributed by atoms with Gasteiger partial charge >= 0.3 is 0 Å². The highest BCUT2D eigenvalue weighted by atomic mass is 35.5. The quantitative estimate of drug-likeness (QED) is 0.895. The van der Waals surface area contributed by atoms with Gasteiger partial charge < -0.3 is 15.4 Å². The molecule has 1 aliphatic heterocycles. The SMILES string of the molecule is CC1CCN(C(=O)COc2cccc(C(C)C)c2)C(CN)C1.Cl. The second-order valence-electron chi connectivity index (χ2n) is 6.62. The Labute approximate surface area is 145 Å². The van der Waals surface area contributed by atoms with Crippen LogP contribution < -0.4 is 10.5 Å². The fraction of sp³-hybridized carbons (Fsp3) is 0.611. The molecule has 1 amide bonds. The molecule has 0 aromatic heterocycles. The minimum atomic E-state index is 0. The van der Waals surface area contributed by atoms with E-state index in [-0.39, 0.29) is 31.0 Å². The summed E-state index contributed by atoms with van der Waals surface area (Å²) in [6.45, 7) is 7.91. The smallest absolute Gasteiger partial charge is 0.260 e. The fourth-order valence-electron chi connectivity index (χ4n) is 2.99. The number of hydrogen-bond acceptors (Lipinski definition) is 3. The zero-order valence-electron chi connectivity index (χ0n) is 14.3. The lowest BCUT2D eigenvalue weighted by atomic mass is 9.92. The first-order chi connectivity index (χ1) is 10.5. The van der Waals surface area contributed by atoms with Crippen LogP contribution in [-0.2, 0) is 4.79 Å². The third-order valence-electron chi connectivity index (χ3n) is 4.46. The zero-order valence-corrected chi connectivity index (χ0v) is 15.1. The van der Waals surface area contributed by atoms with Crippen LogP contribution in [-0.4, -0.2) is 36.5 Å². The average Bonchev–Trinajstić information content (AvgIpc) is 2.52. The summed E-state index contributed by atoms with van der Waals surface area (Å²) in [6, 6.07) is 8.12. The maximum atomic E-state index is 12.4. The van der Waals surface area contributed by atoms with Crippen molar-refractivity contribution >= 4 is 18.3 Å². The summed E-state index contributed by atoms with van der Waals surface area (Å²) in [7, 11) is 0. The van der Waals surface area contributed by atoms with E-state index >= 15 is 0 Å². The van der Waals surface area contributed by atoms with Crippen LogP contribution in [0.5, 0.6) is 5.75 Å². The average molecular weight is 341 g/mol. The van der Waals surface area contributed by atoms with Crippen molar-refractivity contribution in [2.45, 2.75) is 45.6 Å². The van der Waals surface area contributed by atoms with Crippen LogP contribution >= 0.6 is 12.4 Å². The molecule has 0 spiro atoms. The lowest BCUT2D eigenvalue weighted by Gasteiger charge is -2.37. The molecule has 1 heterocycles. The minimum absolute atomic E-state index is 0. The van der Waals surface area contributed by atoms with Crippen LogP contribution in [0.4, 0.5) is 0 Å². The number of nitrogens with two attached hydrogens (primary N) is 1. The second-order valence-corrected chi connectivity index (χ2v) is 6.62. The monoisotopic (exact) mass is 340 g/mol. The lowest BCUT2D eigenvalue weighted by Crippen LogP contribution is -2.50. The summed E-state index contributed by atoms with van der Waals surface area (Å²) in [5.74, 6) is 1.89. The van der Waals surface area contributed by atoms with E-state index in [1.54, 1.807) is 0 Å². The lowest BCUT2D eigenvalue weighted by molar-refractivity contribution is -0.137. The normalized spacial score (nSPS) is 21.0. The molecule has 0 bridgehead atoms. The first kappa shape index (κ1) is 19.8. The number of carbonyl (C=O) groups excluding carboxylic acids is 1. The molecule has 2 atom stereocenters. The van der Waals surface area contributed by atoms with Crippen molar-refractivity contribution in [1.82, 2.24) is 4.90 Å². The first-order valence-electron chi connectivity index (χ1n) is 8.23. The zero-order chi connectivity index (χ0) is 16.1. The highest BCUT2D eigenvalue weighted by molar-refractivity contribution is 5.85. The van der Waals surface area contributed by atoms with Gasteiger partial charge in [0.2, 0.25) is 0 Å². The Balaban J connectivity index is 0.00000264. The number of halogens is 1. The molecule has 2 rings (SSSR count). The van der Waals surface area contributed by atoms with Crippen molar-refractivity contribution in [2.24, 2.45) is 11.7 Å². The summed E-state index contributed by atoms with van der Waals surface area (Å²) in [5, 5.41) is 0. The maximum Gasteiger partial charge on any atom is 0.260 e. The molecule has 4 nitrogen and oxygen atoms in total. The molecule has 1 fully saturated rings. The number of piperidine rings is 1. The second kappa shape index (κ2) is 9.14. The van der Waals surface area contributed by atoms with Crippen LogP contribution in [0, 0.1) is 5.92 Å². The molecule has 0 saturated carbocycles. The topological polar surface area (TPSA) is 55.6 Å². The largest absolute Gasteiger partial charge is 0.484 e. The third-order valence-corrected chi connectivity index (χ3v) is 4.46. The predicted molar refractivity (Wildman–Crippen MR) is 96.2 cm³/mol. The van der Waals surface area contributed by atoms with E-state index in [1.807, 2.05) is 23.1 Å². The maximum absolute atomic E-state index is 12.4. The Hall–Kier alpha value is -1.26. The number of carbonyl (C=O) groups is 1. The number of likely N-dealkylation sites (tertiary alicyclic amines) is 1. The Morgan fingerprint density at radius 3 is 2.83 bits per heavy atom. The van der Waals surface area contributed by atoms with Gasteiger partial charge in [-0.15, -0.1) is 12.4 Å². The van der Waals surface area contributed by atoms with E-state index in [2.05, 4.69) is 26.8 Å². The van der Waals surface area contributed by atoms with Gasteiger partial charge in [-0.3, -0.25) is 4.79 Å². The number of ether oxygens (including phenoxy) is 1. The van der Waals surface area contributed by atoms with Gasteiger partial charge in [0, 0.05) is 19.1 Å². The summed E-state index contributed by atoms with van der Waals surface area (Å²) >= 11 is 0. The van der Waals surface area contributed by atoms with Crippen molar-refractivity contribution in [3.8, 4) is 5.75 Å². The Kier molecular flexibility index (Phi) is 7.86. The van der Waals surface area contributed by atoms with Crippen LogP contribution in [0.25, 0.3) is 0 Å². The molecule has 5 heteroatoms. The van der Waals surface area contributed by atoms with Gasteiger partial charge in [-0.1, -0.05) is 32.9 Å². The molecular formula is C18H29ClN2O2. The number of benzene rings is 1. The predicted octanol–water partition coefficient (Wildman–Crippen LogP) is 3.20. The van der Waals surface area contributed by atoms with Crippen LogP contribution in [0.2, 0.25) is 0 Å². The number of amides is 1. The Morgan fingerprint density at radius 1 is 1.43 bits per heavy atom. The molecule has 0 radical (unpaired) electrons. The van der Waals surface area contributed by atoms with Gasteiger partial charge in [0.1, 0.15) is 5.75 Å². The molecule has 1 aromatic carbocycles. The summed E-state index contributed by atoms with van der Waals surface area (Å²) in [5.41, 5.74) is 7.04. The number of hydrogen-bond donors (Lipinski definition) is 1. The number of rotatable bonds is 5. The highest BCUT2D eigenvalue weighted by Gasteiger charge is 2.28. The molecular weight excluding hydrogens is 312 g/mol. The first-order valence-corrected chi connectivity index (χ1v) is 8.23.